The summed E-state index contributed by atoms with van der Waals surface area (Å²) in [5.41, 5.74) is -0.251. The number of nitro groups is 1. The van der Waals surface area contributed by atoms with Crippen LogP contribution < -0.4 is 4.74 Å². The molecule has 0 bridgehead atoms. The molecule has 0 spiro atoms. The zero-order valence-corrected chi connectivity index (χ0v) is 8.36. The van der Waals surface area contributed by atoms with Gasteiger partial charge in [0, 0.05) is 0 Å². The first kappa shape index (κ1) is 10.4. The van der Waals surface area contributed by atoms with Crippen LogP contribution >= 0.6 is 0 Å². The first-order chi connectivity index (χ1) is 7.54. The van der Waals surface area contributed by atoms with E-state index in [2.05, 4.69) is 5.10 Å². The molecule has 0 amide bonds. The fourth-order valence-corrected chi connectivity index (χ4v) is 1.55. The molecule has 0 radical (unpaired) electrons. The van der Waals surface area contributed by atoms with Crippen LogP contribution in [-0.4, -0.2) is 32.9 Å². The highest BCUT2D eigenvalue weighted by molar-refractivity contribution is 5.73. The second-order valence-corrected chi connectivity index (χ2v) is 3.51. The van der Waals surface area contributed by atoms with Gasteiger partial charge in [0.2, 0.25) is 0 Å². The van der Waals surface area contributed by atoms with Crippen LogP contribution in [-0.2, 0) is 4.79 Å². The van der Waals surface area contributed by atoms with E-state index in [0.717, 1.165) is 0 Å². The number of nitrogens with zero attached hydrogens (tertiary/aromatic N) is 3. The van der Waals surface area contributed by atoms with E-state index < -0.39 is 16.8 Å². The molecule has 0 saturated heterocycles. The Morgan fingerprint density at radius 2 is 2.50 bits per heavy atom. The monoisotopic (exact) mass is 227 g/mol. The average molecular weight is 227 g/mol. The van der Waals surface area contributed by atoms with E-state index in [1.54, 1.807) is 0 Å². The third-order valence-electron chi connectivity index (χ3n) is 2.48. The van der Waals surface area contributed by atoms with E-state index in [-0.39, 0.29) is 17.6 Å². The third-order valence-corrected chi connectivity index (χ3v) is 2.48. The Morgan fingerprint density at radius 1 is 1.81 bits per heavy atom. The van der Waals surface area contributed by atoms with Crippen molar-refractivity contribution in [2.45, 2.75) is 12.5 Å². The van der Waals surface area contributed by atoms with Crippen molar-refractivity contribution in [1.29, 1.82) is 0 Å². The lowest BCUT2D eigenvalue weighted by Crippen LogP contribution is -2.04. The molecule has 1 aromatic heterocycles. The van der Waals surface area contributed by atoms with Crippen LogP contribution in [0.1, 0.15) is 12.5 Å². The van der Waals surface area contributed by atoms with E-state index >= 15 is 0 Å². The molecule has 0 aliphatic heterocycles. The van der Waals surface area contributed by atoms with E-state index in [9.17, 15) is 14.9 Å². The van der Waals surface area contributed by atoms with E-state index in [1.165, 1.54) is 18.0 Å². The smallest absolute Gasteiger partial charge is 0.350 e. The second kappa shape index (κ2) is 3.47. The highest BCUT2D eigenvalue weighted by Gasteiger charge is 2.46. The van der Waals surface area contributed by atoms with Crippen molar-refractivity contribution >= 4 is 11.7 Å². The number of hydrogen-bond donors (Lipinski definition) is 1. The summed E-state index contributed by atoms with van der Waals surface area (Å²) < 4.78 is 6.03. The molecule has 0 unspecified atom stereocenters. The Balaban J connectivity index is 2.25. The average Bonchev–Trinajstić information content (AvgIpc) is 2.90. The van der Waals surface area contributed by atoms with Crippen molar-refractivity contribution in [3.05, 3.63) is 16.3 Å². The summed E-state index contributed by atoms with van der Waals surface area (Å²) in [6, 6.07) is -0.305. The first-order valence-corrected chi connectivity index (χ1v) is 4.55. The van der Waals surface area contributed by atoms with Gasteiger partial charge >= 0.3 is 17.5 Å². The topological polar surface area (TPSA) is 107 Å². The van der Waals surface area contributed by atoms with Crippen molar-refractivity contribution < 1.29 is 19.6 Å². The number of aliphatic carboxylic acids is 1. The van der Waals surface area contributed by atoms with Crippen LogP contribution in [0.5, 0.6) is 5.88 Å². The molecule has 2 atom stereocenters. The molecule has 8 heteroatoms. The van der Waals surface area contributed by atoms with Gasteiger partial charge in [-0.25, -0.2) is 0 Å². The highest BCUT2D eigenvalue weighted by atomic mass is 16.6. The molecular weight excluding hydrogens is 218 g/mol. The van der Waals surface area contributed by atoms with Gasteiger partial charge < -0.3 is 9.84 Å². The van der Waals surface area contributed by atoms with Crippen LogP contribution in [0, 0.1) is 16.0 Å². The maximum atomic E-state index is 10.6. The van der Waals surface area contributed by atoms with Crippen LogP contribution in [0.15, 0.2) is 6.20 Å². The second-order valence-electron chi connectivity index (χ2n) is 3.51. The van der Waals surface area contributed by atoms with Gasteiger partial charge in [-0.05, 0) is 6.42 Å². The Hall–Kier alpha value is -2.12. The lowest BCUT2D eigenvalue weighted by atomic mass is 10.4. The van der Waals surface area contributed by atoms with Crippen molar-refractivity contribution in [3.8, 4) is 5.88 Å². The van der Waals surface area contributed by atoms with Gasteiger partial charge in [0.05, 0.1) is 24.0 Å². The van der Waals surface area contributed by atoms with Gasteiger partial charge in [0.15, 0.2) is 0 Å². The molecule has 8 nitrogen and oxygen atoms in total. The molecular formula is C8H9N3O5. The predicted octanol–water partition coefficient (Wildman–Crippen LogP) is 0.445. The number of methoxy groups -OCH3 is 1. The molecule has 1 aromatic rings. The molecule has 1 saturated carbocycles. The summed E-state index contributed by atoms with van der Waals surface area (Å²) >= 11 is 0. The Kier molecular flexibility index (Phi) is 2.26. The summed E-state index contributed by atoms with van der Waals surface area (Å²) in [5, 5.41) is 23.2. The molecule has 0 aromatic carbocycles. The molecule has 1 aliphatic carbocycles. The summed E-state index contributed by atoms with van der Waals surface area (Å²) in [4.78, 5) is 20.6. The molecule has 1 N–H and O–H groups in total. The SMILES string of the molecule is COc1nn([C@@H]2C[C@H]2C(=O)O)cc1[N+](=O)[O-]. The highest BCUT2D eigenvalue weighted by Crippen LogP contribution is 2.44. The Labute approximate surface area is 89.6 Å². The van der Waals surface area contributed by atoms with Crippen molar-refractivity contribution in [2.24, 2.45) is 5.92 Å². The van der Waals surface area contributed by atoms with Gasteiger partial charge in [-0.3, -0.25) is 19.6 Å². The number of carboxylic acid groups (broad SMARTS) is 1. The summed E-state index contributed by atoms with van der Waals surface area (Å²) in [7, 11) is 1.28. The normalized spacial score (nSPS) is 22.8. The largest absolute Gasteiger partial charge is 0.481 e. The lowest BCUT2D eigenvalue weighted by Gasteiger charge is -1.95. The zero-order chi connectivity index (χ0) is 11.9. The maximum Gasteiger partial charge on any atom is 0.350 e. The quantitative estimate of drug-likeness (QED) is 0.590. The van der Waals surface area contributed by atoms with Gasteiger partial charge in [0.1, 0.15) is 6.20 Å². The molecule has 16 heavy (non-hydrogen) atoms. The van der Waals surface area contributed by atoms with Gasteiger partial charge in [-0.2, -0.15) is 0 Å². The summed E-state index contributed by atoms with van der Waals surface area (Å²) in [6.45, 7) is 0. The van der Waals surface area contributed by atoms with Gasteiger partial charge in [-0.15, -0.1) is 5.10 Å². The first-order valence-electron chi connectivity index (χ1n) is 4.55. The van der Waals surface area contributed by atoms with Crippen molar-refractivity contribution in [3.63, 3.8) is 0 Å². The maximum absolute atomic E-state index is 10.6. The number of carboxylic acids is 1. The molecule has 86 valence electrons. The standard InChI is InChI=1S/C8H9N3O5/c1-16-7-6(11(14)15)3-10(9-7)5-2-4(5)8(12)13/h3-5H,2H2,1H3,(H,12,13)/t4-,5-/m1/s1. The Bertz CT molecular complexity index is 455. The number of carbonyl (C=O) groups is 1. The molecule has 2 rings (SSSR count). The summed E-state index contributed by atoms with van der Waals surface area (Å²) in [6.07, 6.45) is 1.64. The number of rotatable bonds is 4. The van der Waals surface area contributed by atoms with Crippen LogP contribution in [0.3, 0.4) is 0 Å². The Morgan fingerprint density at radius 3 is 2.88 bits per heavy atom. The molecule has 1 aliphatic rings. The van der Waals surface area contributed by atoms with E-state index in [1.807, 2.05) is 0 Å². The van der Waals surface area contributed by atoms with Crippen molar-refractivity contribution in [1.82, 2.24) is 9.78 Å². The number of ether oxygens (including phenoxy) is 1. The van der Waals surface area contributed by atoms with E-state index in [4.69, 9.17) is 9.84 Å². The zero-order valence-electron chi connectivity index (χ0n) is 8.36. The van der Waals surface area contributed by atoms with Crippen LogP contribution in [0.2, 0.25) is 0 Å². The number of hydrogen-bond acceptors (Lipinski definition) is 5. The molecule has 1 fully saturated rings. The van der Waals surface area contributed by atoms with Gasteiger partial charge in [-0.1, -0.05) is 0 Å². The van der Waals surface area contributed by atoms with Crippen LogP contribution in [0.4, 0.5) is 5.69 Å². The minimum Gasteiger partial charge on any atom is -0.481 e. The predicted molar refractivity (Wildman–Crippen MR) is 50.2 cm³/mol. The minimum absolute atomic E-state index is 0.0963. The third kappa shape index (κ3) is 1.58. The van der Waals surface area contributed by atoms with Crippen LogP contribution in [0.25, 0.3) is 0 Å². The molecule has 1 heterocycles. The van der Waals surface area contributed by atoms with Gasteiger partial charge in [0.25, 0.3) is 0 Å². The number of aromatic nitrogens is 2. The van der Waals surface area contributed by atoms with Crippen molar-refractivity contribution in [2.75, 3.05) is 7.11 Å². The summed E-state index contributed by atoms with van der Waals surface area (Å²) in [5.74, 6) is -1.52. The fourth-order valence-electron chi connectivity index (χ4n) is 1.55. The van der Waals surface area contributed by atoms with E-state index in [0.29, 0.717) is 6.42 Å². The fraction of sp³-hybridized carbons (Fsp3) is 0.500. The minimum atomic E-state index is -0.915. The lowest BCUT2D eigenvalue weighted by molar-refractivity contribution is -0.385.